The number of carboxylic acids is 1. The molecule has 1 N–H and O–H groups in total. The van der Waals surface area contributed by atoms with E-state index in [1.165, 1.54) is 4.90 Å². The summed E-state index contributed by atoms with van der Waals surface area (Å²) >= 11 is 0. The number of urea groups is 1. The average Bonchev–Trinajstić information content (AvgIpc) is 2.73. The summed E-state index contributed by atoms with van der Waals surface area (Å²) in [6.07, 6.45) is 1.91. The van der Waals surface area contributed by atoms with Crippen LogP contribution >= 0.6 is 0 Å². The van der Waals surface area contributed by atoms with Gasteiger partial charge in [-0.15, -0.1) is 0 Å². The molecule has 8 heteroatoms. The maximum absolute atomic E-state index is 12.1. The Morgan fingerprint density at radius 2 is 2.05 bits per heavy atom. The Balaban J connectivity index is 1.77. The van der Waals surface area contributed by atoms with Crippen molar-refractivity contribution in [2.24, 2.45) is 5.92 Å². The minimum absolute atomic E-state index is 0.0825. The normalized spacial score (nSPS) is 22.4. The molecule has 0 aromatic heterocycles. The summed E-state index contributed by atoms with van der Waals surface area (Å²) in [4.78, 5) is 50.4. The second-order valence-corrected chi connectivity index (χ2v) is 5.80. The molecule has 2 saturated heterocycles. The summed E-state index contributed by atoms with van der Waals surface area (Å²) in [6.45, 7) is 1.13. The highest BCUT2D eigenvalue weighted by atomic mass is 16.4. The number of carboxylic acid groups (broad SMARTS) is 1. The number of nitrogens with zero attached hydrogens (tertiary/aromatic N) is 3. The summed E-state index contributed by atoms with van der Waals surface area (Å²) in [5.74, 6) is -1.72. The Labute approximate surface area is 128 Å². The van der Waals surface area contributed by atoms with Gasteiger partial charge < -0.3 is 14.9 Å². The number of aliphatic carboxylic acids is 1. The van der Waals surface area contributed by atoms with E-state index in [1.54, 1.807) is 11.9 Å². The molecule has 2 fully saturated rings. The van der Waals surface area contributed by atoms with E-state index < -0.39 is 11.9 Å². The molecule has 1 atom stereocenters. The summed E-state index contributed by atoms with van der Waals surface area (Å²) < 4.78 is 0. The molecule has 0 bridgehead atoms. The fraction of sp³-hybridized carbons (Fsp3) is 0.714. The van der Waals surface area contributed by atoms with Crippen LogP contribution in [-0.4, -0.2) is 76.8 Å². The monoisotopic (exact) mass is 311 g/mol. The molecule has 1 unspecified atom stereocenters. The Bertz CT molecular complexity index is 493. The van der Waals surface area contributed by atoms with Gasteiger partial charge in [-0.1, -0.05) is 0 Å². The molecule has 4 amide bonds. The molecule has 2 rings (SSSR count). The standard InChI is InChI=1S/C14H21N3O5/c1-15-9-12(19)17(14(15)22)7-3-5-11(18)16-6-2-4-10(8-16)13(20)21/h10H,2-9H2,1H3,(H,20,21). The van der Waals surface area contributed by atoms with E-state index in [0.29, 0.717) is 25.8 Å². The van der Waals surface area contributed by atoms with Crippen molar-refractivity contribution in [2.75, 3.05) is 33.2 Å². The molecule has 122 valence electrons. The van der Waals surface area contributed by atoms with Crippen molar-refractivity contribution in [3.8, 4) is 0 Å². The number of rotatable bonds is 5. The molecule has 2 aliphatic heterocycles. The number of hydrogen-bond acceptors (Lipinski definition) is 4. The van der Waals surface area contributed by atoms with Crippen LogP contribution in [0.3, 0.4) is 0 Å². The fourth-order valence-electron chi connectivity index (χ4n) is 2.84. The first-order valence-corrected chi connectivity index (χ1v) is 7.46. The van der Waals surface area contributed by atoms with Gasteiger partial charge in [0.1, 0.15) is 6.54 Å². The fourth-order valence-corrected chi connectivity index (χ4v) is 2.84. The van der Waals surface area contributed by atoms with Crippen LogP contribution in [0.15, 0.2) is 0 Å². The van der Waals surface area contributed by atoms with Crippen LogP contribution in [0.1, 0.15) is 25.7 Å². The first-order valence-electron chi connectivity index (χ1n) is 7.46. The van der Waals surface area contributed by atoms with Crippen LogP contribution in [0.5, 0.6) is 0 Å². The lowest BCUT2D eigenvalue weighted by Crippen LogP contribution is -2.42. The third-order valence-electron chi connectivity index (χ3n) is 4.13. The highest BCUT2D eigenvalue weighted by molar-refractivity contribution is 6.01. The quantitative estimate of drug-likeness (QED) is 0.720. The van der Waals surface area contributed by atoms with Gasteiger partial charge in [0, 0.05) is 33.1 Å². The Kier molecular flexibility index (Phi) is 4.99. The van der Waals surface area contributed by atoms with Crippen molar-refractivity contribution in [1.82, 2.24) is 14.7 Å². The zero-order valence-electron chi connectivity index (χ0n) is 12.7. The molecule has 0 spiro atoms. The minimum atomic E-state index is -0.867. The SMILES string of the molecule is CN1CC(=O)N(CCCC(=O)N2CCCC(C(=O)O)C2)C1=O. The molecule has 0 aromatic carbocycles. The van der Waals surface area contributed by atoms with Crippen LogP contribution in [0.4, 0.5) is 4.79 Å². The van der Waals surface area contributed by atoms with Crippen LogP contribution in [0.25, 0.3) is 0 Å². The summed E-state index contributed by atoms with van der Waals surface area (Å²) in [7, 11) is 1.56. The number of likely N-dealkylation sites (N-methyl/N-ethyl adjacent to an activating group) is 1. The van der Waals surface area contributed by atoms with Gasteiger partial charge in [0.05, 0.1) is 5.92 Å². The van der Waals surface area contributed by atoms with Crippen LogP contribution in [-0.2, 0) is 14.4 Å². The van der Waals surface area contributed by atoms with E-state index in [2.05, 4.69) is 0 Å². The van der Waals surface area contributed by atoms with Gasteiger partial charge in [0.25, 0.3) is 0 Å². The van der Waals surface area contributed by atoms with Gasteiger partial charge in [-0.25, -0.2) is 4.79 Å². The van der Waals surface area contributed by atoms with Gasteiger partial charge in [0.2, 0.25) is 11.8 Å². The zero-order chi connectivity index (χ0) is 16.3. The third-order valence-corrected chi connectivity index (χ3v) is 4.13. The van der Waals surface area contributed by atoms with E-state index in [0.717, 1.165) is 4.90 Å². The zero-order valence-corrected chi connectivity index (χ0v) is 12.7. The molecular weight excluding hydrogens is 290 g/mol. The Morgan fingerprint density at radius 3 is 2.64 bits per heavy atom. The second kappa shape index (κ2) is 6.76. The predicted molar refractivity (Wildman–Crippen MR) is 75.9 cm³/mol. The van der Waals surface area contributed by atoms with E-state index in [4.69, 9.17) is 5.11 Å². The van der Waals surface area contributed by atoms with Crippen LogP contribution in [0.2, 0.25) is 0 Å². The molecule has 22 heavy (non-hydrogen) atoms. The molecular formula is C14H21N3O5. The summed E-state index contributed by atoms with van der Waals surface area (Å²) in [5.41, 5.74) is 0. The van der Waals surface area contributed by atoms with Crippen molar-refractivity contribution in [1.29, 1.82) is 0 Å². The molecule has 0 radical (unpaired) electrons. The van der Waals surface area contributed by atoms with Crippen molar-refractivity contribution >= 4 is 23.8 Å². The number of hydrogen-bond donors (Lipinski definition) is 1. The first-order chi connectivity index (χ1) is 10.4. The molecule has 8 nitrogen and oxygen atoms in total. The van der Waals surface area contributed by atoms with Gasteiger partial charge in [0.15, 0.2) is 0 Å². The predicted octanol–water partition coefficient (Wildman–Crippen LogP) is -0.0162. The van der Waals surface area contributed by atoms with Gasteiger partial charge >= 0.3 is 12.0 Å². The maximum Gasteiger partial charge on any atom is 0.326 e. The van der Waals surface area contributed by atoms with Crippen LogP contribution in [0, 0.1) is 5.92 Å². The summed E-state index contributed by atoms with van der Waals surface area (Å²) in [5, 5.41) is 9.02. The van der Waals surface area contributed by atoms with E-state index in [9.17, 15) is 19.2 Å². The number of amides is 4. The number of piperidine rings is 1. The topological polar surface area (TPSA) is 98.2 Å². The van der Waals surface area contributed by atoms with Crippen molar-refractivity contribution in [2.45, 2.75) is 25.7 Å². The van der Waals surface area contributed by atoms with Gasteiger partial charge in [-0.3, -0.25) is 19.3 Å². The molecule has 2 aliphatic rings. The first kappa shape index (κ1) is 16.3. The van der Waals surface area contributed by atoms with E-state index in [1.807, 2.05) is 0 Å². The highest BCUT2D eigenvalue weighted by Gasteiger charge is 2.33. The highest BCUT2D eigenvalue weighted by Crippen LogP contribution is 2.18. The molecule has 0 aliphatic carbocycles. The molecule has 0 saturated carbocycles. The number of imide groups is 1. The molecule has 2 heterocycles. The maximum atomic E-state index is 12.1. The van der Waals surface area contributed by atoms with Crippen molar-refractivity contribution in [3.05, 3.63) is 0 Å². The number of likely N-dealkylation sites (tertiary alicyclic amines) is 1. The average molecular weight is 311 g/mol. The van der Waals surface area contributed by atoms with Gasteiger partial charge in [-0.2, -0.15) is 0 Å². The van der Waals surface area contributed by atoms with E-state index in [-0.39, 0.29) is 43.9 Å². The molecule has 0 aromatic rings. The third kappa shape index (κ3) is 3.55. The largest absolute Gasteiger partial charge is 0.481 e. The van der Waals surface area contributed by atoms with Gasteiger partial charge in [-0.05, 0) is 19.3 Å². The van der Waals surface area contributed by atoms with Crippen molar-refractivity contribution in [3.63, 3.8) is 0 Å². The Hall–Kier alpha value is -2.12. The number of carbonyl (C=O) groups is 4. The minimum Gasteiger partial charge on any atom is -0.481 e. The second-order valence-electron chi connectivity index (χ2n) is 5.80. The van der Waals surface area contributed by atoms with Crippen LogP contribution < -0.4 is 0 Å². The Morgan fingerprint density at radius 1 is 1.32 bits per heavy atom. The smallest absolute Gasteiger partial charge is 0.326 e. The van der Waals surface area contributed by atoms with Crippen molar-refractivity contribution < 1.29 is 24.3 Å². The number of carbonyl (C=O) groups excluding carboxylic acids is 3. The van der Waals surface area contributed by atoms with E-state index >= 15 is 0 Å². The lowest BCUT2D eigenvalue weighted by molar-refractivity contribution is -0.145. The lowest BCUT2D eigenvalue weighted by Gasteiger charge is -2.30. The summed E-state index contributed by atoms with van der Waals surface area (Å²) in [6, 6.07) is -0.332. The lowest BCUT2D eigenvalue weighted by atomic mass is 9.98.